The van der Waals surface area contributed by atoms with Crippen LogP contribution >= 0.6 is 0 Å². The molecular weight excluding hydrogens is 272 g/mol. The van der Waals surface area contributed by atoms with Crippen LogP contribution in [0.3, 0.4) is 0 Å². The first-order chi connectivity index (χ1) is 10.8. The Balaban J connectivity index is 2.06. The van der Waals surface area contributed by atoms with E-state index in [0.29, 0.717) is 16.8 Å². The van der Waals surface area contributed by atoms with E-state index in [1.54, 1.807) is 0 Å². The fourth-order valence-corrected chi connectivity index (χ4v) is 2.25. The Labute approximate surface area is 129 Å². The Hall–Kier alpha value is -2.78. The summed E-state index contributed by atoms with van der Waals surface area (Å²) in [6.07, 6.45) is 0. The van der Waals surface area contributed by atoms with Crippen molar-refractivity contribution in [1.82, 2.24) is 0 Å². The van der Waals surface area contributed by atoms with E-state index >= 15 is 0 Å². The number of rotatable bonds is 4. The van der Waals surface area contributed by atoms with Gasteiger partial charge in [0, 0.05) is 11.1 Å². The third kappa shape index (κ3) is 2.95. The smallest absolute Gasteiger partial charge is 0.228 e. The minimum atomic E-state index is -1.50. The van der Waals surface area contributed by atoms with Gasteiger partial charge < -0.3 is 5.11 Å². The van der Waals surface area contributed by atoms with Crippen molar-refractivity contribution in [2.45, 2.75) is 5.72 Å². The molecule has 3 aromatic rings. The predicted octanol–water partition coefficient (Wildman–Crippen LogP) is 4.66. The monoisotopic (exact) mass is 288 g/mol. The first kappa shape index (κ1) is 14.2. The minimum Gasteiger partial charge on any atom is -0.361 e. The summed E-state index contributed by atoms with van der Waals surface area (Å²) >= 11 is 0. The van der Waals surface area contributed by atoms with Crippen molar-refractivity contribution < 1.29 is 5.11 Å². The van der Waals surface area contributed by atoms with Crippen molar-refractivity contribution in [3.05, 3.63) is 102 Å². The van der Waals surface area contributed by atoms with Crippen molar-refractivity contribution in [1.29, 1.82) is 0 Å². The molecule has 3 heteroatoms. The molecule has 0 heterocycles. The quantitative estimate of drug-likeness (QED) is 0.697. The van der Waals surface area contributed by atoms with E-state index < -0.39 is 5.72 Å². The van der Waals surface area contributed by atoms with Gasteiger partial charge in [-0.2, -0.15) is 5.11 Å². The van der Waals surface area contributed by atoms with E-state index in [1.165, 1.54) is 0 Å². The Bertz CT molecular complexity index is 701. The summed E-state index contributed by atoms with van der Waals surface area (Å²) in [6, 6.07) is 28.1. The van der Waals surface area contributed by atoms with Gasteiger partial charge in [0.15, 0.2) is 0 Å². The van der Waals surface area contributed by atoms with Gasteiger partial charge in [0.2, 0.25) is 5.72 Å². The van der Waals surface area contributed by atoms with Crippen LogP contribution < -0.4 is 0 Å². The van der Waals surface area contributed by atoms with E-state index in [1.807, 2.05) is 91.0 Å². The Morgan fingerprint density at radius 1 is 0.591 bits per heavy atom. The summed E-state index contributed by atoms with van der Waals surface area (Å²) in [6.45, 7) is 0. The van der Waals surface area contributed by atoms with Gasteiger partial charge in [-0.25, -0.2) is 0 Å². The number of hydrogen-bond acceptors (Lipinski definition) is 3. The Kier molecular flexibility index (Phi) is 4.08. The van der Waals surface area contributed by atoms with Crippen molar-refractivity contribution in [2.24, 2.45) is 10.2 Å². The van der Waals surface area contributed by atoms with E-state index in [4.69, 9.17) is 0 Å². The van der Waals surface area contributed by atoms with Crippen LogP contribution in [0, 0.1) is 0 Å². The SMILES string of the molecule is OC(N=Nc1ccccc1)(c1ccccc1)c1ccccc1. The second-order valence-corrected chi connectivity index (χ2v) is 4.94. The molecule has 0 fully saturated rings. The summed E-state index contributed by atoms with van der Waals surface area (Å²) in [7, 11) is 0. The highest BCUT2D eigenvalue weighted by molar-refractivity contribution is 5.37. The van der Waals surface area contributed by atoms with Crippen molar-refractivity contribution >= 4 is 5.69 Å². The number of nitrogens with zero attached hydrogens (tertiary/aromatic N) is 2. The molecule has 0 radical (unpaired) electrons. The third-order valence-electron chi connectivity index (χ3n) is 3.42. The van der Waals surface area contributed by atoms with Crippen LogP contribution in [0.15, 0.2) is 101 Å². The highest BCUT2D eigenvalue weighted by atomic mass is 16.3. The van der Waals surface area contributed by atoms with Gasteiger partial charge in [0.05, 0.1) is 5.69 Å². The van der Waals surface area contributed by atoms with Gasteiger partial charge in [-0.1, -0.05) is 78.9 Å². The van der Waals surface area contributed by atoms with Crippen LogP contribution in [0.1, 0.15) is 11.1 Å². The maximum absolute atomic E-state index is 11.2. The molecule has 0 aromatic heterocycles. The zero-order chi connectivity index (χ0) is 15.3. The van der Waals surface area contributed by atoms with Gasteiger partial charge in [-0.15, -0.1) is 5.11 Å². The average molecular weight is 288 g/mol. The van der Waals surface area contributed by atoms with Gasteiger partial charge in [0.1, 0.15) is 0 Å². The summed E-state index contributed by atoms with van der Waals surface area (Å²) in [4.78, 5) is 0. The van der Waals surface area contributed by atoms with Gasteiger partial charge in [0.25, 0.3) is 0 Å². The molecule has 0 aliphatic rings. The van der Waals surface area contributed by atoms with Gasteiger partial charge in [-0.05, 0) is 12.1 Å². The second kappa shape index (κ2) is 6.33. The molecule has 0 spiro atoms. The minimum absolute atomic E-state index is 0.681. The molecule has 0 unspecified atom stereocenters. The Morgan fingerprint density at radius 3 is 1.45 bits per heavy atom. The van der Waals surface area contributed by atoms with Crippen LogP contribution in [0.4, 0.5) is 5.69 Å². The number of benzene rings is 3. The highest BCUT2D eigenvalue weighted by Crippen LogP contribution is 2.32. The van der Waals surface area contributed by atoms with Crippen molar-refractivity contribution in [3.63, 3.8) is 0 Å². The lowest BCUT2D eigenvalue weighted by Gasteiger charge is -2.23. The van der Waals surface area contributed by atoms with Crippen LogP contribution in [0.2, 0.25) is 0 Å². The molecular formula is C19H16N2O. The van der Waals surface area contributed by atoms with Crippen LogP contribution in [-0.4, -0.2) is 5.11 Å². The van der Waals surface area contributed by atoms with Crippen LogP contribution in [0.25, 0.3) is 0 Å². The third-order valence-corrected chi connectivity index (χ3v) is 3.42. The highest BCUT2D eigenvalue weighted by Gasteiger charge is 2.31. The van der Waals surface area contributed by atoms with Crippen molar-refractivity contribution in [2.75, 3.05) is 0 Å². The fourth-order valence-electron chi connectivity index (χ4n) is 2.25. The lowest BCUT2D eigenvalue weighted by atomic mass is 9.95. The standard InChI is InChI=1S/C19H16N2O/c22-19(16-10-4-1-5-11-16,17-12-6-2-7-13-17)21-20-18-14-8-3-9-15-18/h1-15,22H. The molecule has 3 aromatic carbocycles. The molecule has 0 amide bonds. The van der Waals surface area contributed by atoms with E-state index in [0.717, 1.165) is 0 Å². The summed E-state index contributed by atoms with van der Waals surface area (Å²) in [5.41, 5.74) is 0.563. The Morgan fingerprint density at radius 2 is 1.00 bits per heavy atom. The van der Waals surface area contributed by atoms with Gasteiger partial charge >= 0.3 is 0 Å². The van der Waals surface area contributed by atoms with E-state index in [-0.39, 0.29) is 0 Å². The largest absolute Gasteiger partial charge is 0.361 e. The summed E-state index contributed by atoms with van der Waals surface area (Å²) in [5, 5.41) is 19.6. The van der Waals surface area contributed by atoms with Crippen LogP contribution in [-0.2, 0) is 5.72 Å². The fraction of sp³-hybridized carbons (Fsp3) is 0.0526. The molecule has 0 aliphatic heterocycles. The maximum Gasteiger partial charge on any atom is 0.228 e. The molecule has 1 N–H and O–H groups in total. The molecule has 0 atom stereocenters. The molecule has 3 nitrogen and oxygen atoms in total. The van der Waals surface area contributed by atoms with Crippen LogP contribution in [0.5, 0.6) is 0 Å². The topological polar surface area (TPSA) is 45.0 Å². The first-order valence-corrected chi connectivity index (χ1v) is 7.10. The number of hydrogen-bond donors (Lipinski definition) is 1. The average Bonchev–Trinajstić information content (AvgIpc) is 2.62. The van der Waals surface area contributed by atoms with Gasteiger partial charge in [-0.3, -0.25) is 0 Å². The van der Waals surface area contributed by atoms with E-state index in [9.17, 15) is 5.11 Å². The predicted molar refractivity (Wildman–Crippen MR) is 86.8 cm³/mol. The normalized spacial score (nSPS) is 11.7. The van der Waals surface area contributed by atoms with E-state index in [2.05, 4.69) is 10.2 Å². The molecule has 0 saturated carbocycles. The number of aliphatic hydroxyl groups is 1. The number of azo groups is 1. The zero-order valence-electron chi connectivity index (χ0n) is 12.0. The lowest BCUT2D eigenvalue weighted by molar-refractivity contribution is 0.0833. The molecule has 22 heavy (non-hydrogen) atoms. The lowest BCUT2D eigenvalue weighted by Crippen LogP contribution is -2.24. The molecule has 0 bridgehead atoms. The summed E-state index contributed by atoms with van der Waals surface area (Å²) < 4.78 is 0. The first-order valence-electron chi connectivity index (χ1n) is 7.10. The molecule has 3 rings (SSSR count). The molecule has 0 aliphatic carbocycles. The summed E-state index contributed by atoms with van der Waals surface area (Å²) in [5.74, 6) is 0. The molecule has 0 saturated heterocycles. The molecule has 108 valence electrons. The maximum atomic E-state index is 11.2. The second-order valence-electron chi connectivity index (χ2n) is 4.94. The zero-order valence-corrected chi connectivity index (χ0v) is 12.0. The van der Waals surface area contributed by atoms with Crippen molar-refractivity contribution in [3.8, 4) is 0 Å².